The second-order valence-corrected chi connectivity index (χ2v) is 4.77. The summed E-state index contributed by atoms with van der Waals surface area (Å²) >= 11 is 9.33. The van der Waals surface area contributed by atoms with Crippen molar-refractivity contribution >= 4 is 33.5 Å². The number of aromatic nitrogens is 2. The molecular weight excluding hydrogens is 307 g/mol. The lowest BCUT2D eigenvalue weighted by Crippen LogP contribution is -2.01. The topological polar surface area (TPSA) is 55.1 Å². The monoisotopic (exact) mass is 314 g/mol. The molecule has 0 amide bonds. The molecule has 88 valence electrons. The zero-order valence-corrected chi connectivity index (χ0v) is 11.2. The maximum absolute atomic E-state index is 10.9. The van der Waals surface area contributed by atoms with E-state index in [0.29, 0.717) is 0 Å². The Morgan fingerprint density at radius 3 is 2.76 bits per heavy atom. The van der Waals surface area contributed by atoms with Gasteiger partial charge in [-0.1, -0.05) is 27.5 Å². The number of aromatic carboxylic acids is 1. The van der Waals surface area contributed by atoms with Crippen LogP contribution < -0.4 is 0 Å². The first-order chi connectivity index (χ1) is 8.00. The summed E-state index contributed by atoms with van der Waals surface area (Å²) in [5.74, 6) is -1.09. The van der Waals surface area contributed by atoms with Gasteiger partial charge in [-0.15, -0.1) is 0 Å². The van der Waals surface area contributed by atoms with Crippen LogP contribution in [0, 0.1) is 6.92 Å². The van der Waals surface area contributed by atoms with Crippen LogP contribution in [0.3, 0.4) is 0 Å². The highest BCUT2D eigenvalue weighted by Gasteiger charge is 2.16. The van der Waals surface area contributed by atoms with Crippen molar-refractivity contribution in [1.82, 2.24) is 9.78 Å². The van der Waals surface area contributed by atoms with Gasteiger partial charge in [-0.05, 0) is 30.7 Å². The third-order valence-electron chi connectivity index (χ3n) is 2.33. The van der Waals surface area contributed by atoms with Crippen molar-refractivity contribution in [1.29, 1.82) is 0 Å². The van der Waals surface area contributed by atoms with Gasteiger partial charge in [-0.3, -0.25) is 0 Å². The molecule has 0 saturated carbocycles. The molecule has 0 fully saturated rings. The van der Waals surface area contributed by atoms with Crippen molar-refractivity contribution in [3.8, 4) is 5.69 Å². The average Bonchev–Trinajstić information content (AvgIpc) is 2.60. The smallest absolute Gasteiger partial charge is 0.340 e. The van der Waals surface area contributed by atoms with E-state index in [1.807, 2.05) is 25.1 Å². The van der Waals surface area contributed by atoms with Gasteiger partial charge in [0.25, 0.3) is 0 Å². The van der Waals surface area contributed by atoms with E-state index in [4.69, 9.17) is 16.7 Å². The first kappa shape index (κ1) is 12.1. The van der Waals surface area contributed by atoms with E-state index in [0.717, 1.165) is 15.7 Å². The fourth-order valence-corrected chi connectivity index (χ4v) is 2.24. The Balaban J connectivity index is 2.57. The minimum Gasteiger partial charge on any atom is -0.478 e. The van der Waals surface area contributed by atoms with E-state index in [2.05, 4.69) is 21.0 Å². The molecule has 1 aromatic heterocycles. The van der Waals surface area contributed by atoms with E-state index >= 15 is 0 Å². The van der Waals surface area contributed by atoms with E-state index in [1.54, 1.807) is 0 Å². The third-order valence-corrected chi connectivity index (χ3v) is 3.18. The quantitative estimate of drug-likeness (QED) is 0.925. The summed E-state index contributed by atoms with van der Waals surface area (Å²) in [4.78, 5) is 10.9. The first-order valence-corrected chi connectivity index (χ1v) is 5.91. The molecule has 4 nitrogen and oxygen atoms in total. The highest BCUT2D eigenvalue weighted by molar-refractivity contribution is 9.10. The second-order valence-electron chi connectivity index (χ2n) is 3.50. The number of aryl methyl sites for hydroxylation is 1. The minimum atomic E-state index is -1.09. The number of hydrogen-bond donors (Lipinski definition) is 1. The third kappa shape index (κ3) is 2.21. The number of carboxylic acids is 1. The molecule has 0 atom stereocenters. The SMILES string of the molecule is Cc1cc(Br)ccc1-n1ncc(C(=O)O)c1Cl. The van der Waals surface area contributed by atoms with Gasteiger partial charge in [-0.2, -0.15) is 5.10 Å². The molecule has 17 heavy (non-hydrogen) atoms. The maximum atomic E-state index is 10.9. The van der Waals surface area contributed by atoms with Crippen LogP contribution in [0.4, 0.5) is 0 Å². The summed E-state index contributed by atoms with van der Waals surface area (Å²) in [6.45, 7) is 1.90. The van der Waals surface area contributed by atoms with Crippen molar-refractivity contribution < 1.29 is 9.90 Å². The van der Waals surface area contributed by atoms with Crippen molar-refractivity contribution in [3.63, 3.8) is 0 Å². The Morgan fingerprint density at radius 2 is 2.24 bits per heavy atom. The van der Waals surface area contributed by atoms with Crippen LogP contribution in [0.5, 0.6) is 0 Å². The largest absolute Gasteiger partial charge is 0.478 e. The fraction of sp³-hybridized carbons (Fsp3) is 0.0909. The van der Waals surface area contributed by atoms with Gasteiger partial charge < -0.3 is 5.11 Å². The zero-order valence-electron chi connectivity index (χ0n) is 8.82. The van der Waals surface area contributed by atoms with Gasteiger partial charge in [0.15, 0.2) is 0 Å². The predicted octanol–water partition coefficient (Wildman–Crippen LogP) is 3.29. The minimum absolute atomic E-state index is 0.00557. The zero-order chi connectivity index (χ0) is 12.6. The number of carboxylic acid groups (broad SMARTS) is 1. The summed E-state index contributed by atoms with van der Waals surface area (Å²) in [5.41, 5.74) is 1.70. The second kappa shape index (κ2) is 4.50. The molecule has 1 heterocycles. The molecule has 2 aromatic rings. The maximum Gasteiger partial charge on any atom is 0.340 e. The van der Waals surface area contributed by atoms with Crippen LogP contribution in [0.15, 0.2) is 28.9 Å². The normalized spacial score (nSPS) is 10.5. The lowest BCUT2D eigenvalue weighted by atomic mass is 10.2. The Hall–Kier alpha value is -1.33. The molecule has 6 heteroatoms. The van der Waals surface area contributed by atoms with Gasteiger partial charge >= 0.3 is 5.97 Å². The van der Waals surface area contributed by atoms with E-state index in [1.165, 1.54) is 10.9 Å². The lowest BCUT2D eigenvalue weighted by molar-refractivity contribution is 0.0697. The van der Waals surface area contributed by atoms with Crippen molar-refractivity contribution in [2.24, 2.45) is 0 Å². The van der Waals surface area contributed by atoms with Crippen molar-refractivity contribution in [2.45, 2.75) is 6.92 Å². The Morgan fingerprint density at radius 1 is 1.53 bits per heavy atom. The van der Waals surface area contributed by atoms with Crippen LogP contribution in [0.1, 0.15) is 15.9 Å². The Kier molecular flexibility index (Phi) is 3.22. The summed E-state index contributed by atoms with van der Waals surface area (Å²) in [6, 6.07) is 5.58. The molecular formula is C11H8BrClN2O2. The van der Waals surface area contributed by atoms with Crippen LogP contribution in [0.2, 0.25) is 5.15 Å². The standard InChI is InChI=1S/C11H8BrClN2O2/c1-6-4-7(12)2-3-9(6)15-10(13)8(5-14-15)11(16)17/h2-5H,1H3,(H,16,17). The Labute approximate surface area is 111 Å². The van der Waals surface area contributed by atoms with Crippen molar-refractivity contribution in [2.75, 3.05) is 0 Å². The molecule has 0 unspecified atom stereocenters. The molecule has 0 aliphatic heterocycles. The van der Waals surface area contributed by atoms with Crippen LogP contribution in [0.25, 0.3) is 5.69 Å². The van der Waals surface area contributed by atoms with Crippen LogP contribution in [-0.2, 0) is 0 Å². The fourth-order valence-electron chi connectivity index (χ4n) is 1.50. The molecule has 2 rings (SSSR count). The molecule has 0 aliphatic rings. The van der Waals surface area contributed by atoms with Crippen molar-refractivity contribution in [3.05, 3.63) is 45.1 Å². The number of halogens is 2. The van der Waals surface area contributed by atoms with Gasteiger partial charge in [0.2, 0.25) is 0 Å². The molecule has 1 aromatic carbocycles. The van der Waals surface area contributed by atoms with Crippen LogP contribution >= 0.6 is 27.5 Å². The lowest BCUT2D eigenvalue weighted by Gasteiger charge is -2.07. The number of hydrogen-bond acceptors (Lipinski definition) is 2. The average molecular weight is 316 g/mol. The number of carbonyl (C=O) groups is 1. The molecule has 0 aliphatic carbocycles. The molecule has 0 radical (unpaired) electrons. The molecule has 0 saturated heterocycles. The first-order valence-electron chi connectivity index (χ1n) is 4.74. The molecule has 0 bridgehead atoms. The summed E-state index contributed by atoms with van der Waals surface area (Å²) in [6.07, 6.45) is 1.24. The number of nitrogens with zero attached hydrogens (tertiary/aromatic N) is 2. The summed E-state index contributed by atoms with van der Waals surface area (Å²) in [5, 5.41) is 13.0. The number of benzene rings is 1. The van der Waals surface area contributed by atoms with Crippen LogP contribution in [-0.4, -0.2) is 20.9 Å². The van der Waals surface area contributed by atoms with E-state index in [9.17, 15) is 4.79 Å². The molecule has 1 N–H and O–H groups in total. The van der Waals surface area contributed by atoms with Gasteiger partial charge in [0.1, 0.15) is 10.7 Å². The number of rotatable bonds is 2. The van der Waals surface area contributed by atoms with E-state index in [-0.39, 0.29) is 10.7 Å². The van der Waals surface area contributed by atoms with E-state index < -0.39 is 5.97 Å². The predicted molar refractivity (Wildman–Crippen MR) is 68.0 cm³/mol. The highest BCUT2D eigenvalue weighted by atomic mass is 79.9. The molecule has 0 spiro atoms. The highest BCUT2D eigenvalue weighted by Crippen LogP contribution is 2.24. The Bertz CT molecular complexity index is 595. The summed E-state index contributed by atoms with van der Waals surface area (Å²) < 4.78 is 2.35. The summed E-state index contributed by atoms with van der Waals surface area (Å²) in [7, 11) is 0. The van der Waals surface area contributed by atoms with Gasteiger partial charge in [0, 0.05) is 4.47 Å². The van der Waals surface area contributed by atoms with Gasteiger partial charge in [-0.25, -0.2) is 9.48 Å². The van der Waals surface area contributed by atoms with Gasteiger partial charge in [0.05, 0.1) is 11.9 Å².